The minimum Gasteiger partial charge on any atom is -0.465 e. The van der Waals surface area contributed by atoms with E-state index in [-0.39, 0.29) is 22.3 Å². The standard InChI is InChI=1S/C28H41N3O5S2/c1-17(2)15-31(16-18(3)4)38(34,35)20-12-10-19(11-13-20)24(32)29-25-22(26(33)36-9)21-14-27(5,6)30-28(7,8)23(21)37-25/h10-13,17-18,30H,14-16H2,1-9H3,(H,29,32). The molecular weight excluding hydrogens is 522 g/mol. The van der Waals surface area contributed by atoms with Crippen LogP contribution in [0.1, 0.15) is 86.5 Å². The molecule has 2 heterocycles. The predicted molar refractivity (Wildman–Crippen MR) is 152 cm³/mol. The van der Waals surface area contributed by atoms with Crippen LogP contribution in [0, 0.1) is 11.8 Å². The molecule has 1 aliphatic rings. The van der Waals surface area contributed by atoms with E-state index in [1.54, 1.807) is 0 Å². The van der Waals surface area contributed by atoms with Gasteiger partial charge in [-0.3, -0.25) is 4.79 Å². The molecule has 0 spiro atoms. The van der Waals surface area contributed by atoms with E-state index in [0.29, 0.717) is 35.6 Å². The zero-order valence-electron chi connectivity index (χ0n) is 23.9. The van der Waals surface area contributed by atoms with Crippen molar-refractivity contribution in [2.45, 2.75) is 77.8 Å². The van der Waals surface area contributed by atoms with Crippen LogP contribution in [0.15, 0.2) is 29.2 Å². The van der Waals surface area contributed by atoms with Gasteiger partial charge in [-0.1, -0.05) is 27.7 Å². The van der Waals surface area contributed by atoms with Crippen LogP contribution in [0.3, 0.4) is 0 Å². The van der Waals surface area contributed by atoms with Crippen molar-refractivity contribution in [2.24, 2.45) is 11.8 Å². The number of anilines is 1. The van der Waals surface area contributed by atoms with Crippen LogP contribution < -0.4 is 10.6 Å². The van der Waals surface area contributed by atoms with Gasteiger partial charge in [0, 0.05) is 34.6 Å². The highest BCUT2D eigenvalue weighted by Crippen LogP contribution is 2.45. The van der Waals surface area contributed by atoms with E-state index >= 15 is 0 Å². The zero-order valence-corrected chi connectivity index (χ0v) is 25.5. The Bertz CT molecular complexity index is 1280. The molecule has 0 unspecified atom stereocenters. The number of rotatable bonds is 9. The lowest BCUT2D eigenvalue weighted by Gasteiger charge is -2.42. The van der Waals surface area contributed by atoms with E-state index < -0.39 is 27.4 Å². The molecule has 0 bridgehead atoms. The molecule has 1 aromatic carbocycles. The van der Waals surface area contributed by atoms with Crippen molar-refractivity contribution in [1.82, 2.24) is 9.62 Å². The largest absolute Gasteiger partial charge is 0.465 e. The van der Waals surface area contributed by atoms with Crippen LogP contribution >= 0.6 is 11.3 Å². The fourth-order valence-electron chi connectivity index (χ4n) is 5.12. The number of fused-ring (bicyclic) bond motifs is 1. The van der Waals surface area contributed by atoms with E-state index in [9.17, 15) is 18.0 Å². The Morgan fingerprint density at radius 2 is 1.61 bits per heavy atom. The number of methoxy groups -OCH3 is 1. The molecule has 1 amide bonds. The molecule has 0 atom stereocenters. The first-order valence-corrected chi connectivity index (χ1v) is 15.2. The average Bonchev–Trinajstić information content (AvgIpc) is 3.14. The van der Waals surface area contributed by atoms with Crippen molar-refractivity contribution in [2.75, 3.05) is 25.5 Å². The Kier molecular flexibility index (Phi) is 8.82. The molecule has 2 aromatic rings. The van der Waals surface area contributed by atoms with E-state index in [2.05, 4.69) is 38.3 Å². The molecule has 8 nitrogen and oxygen atoms in total. The molecule has 0 aliphatic carbocycles. The van der Waals surface area contributed by atoms with Crippen LogP contribution in [0.2, 0.25) is 0 Å². The Morgan fingerprint density at radius 3 is 2.11 bits per heavy atom. The fraction of sp³-hybridized carbons (Fsp3) is 0.571. The van der Waals surface area contributed by atoms with Gasteiger partial charge in [-0.25, -0.2) is 13.2 Å². The Morgan fingerprint density at radius 1 is 1.05 bits per heavy atom. The Labute approximate surface area is 231 Å². The topological polar surface area (TPSA) is 105 Å². The number of hydrogen-bond acceptors (Lipinski definition) is 7. The van der Waals surface area contributed by atoms with E-state index in [4.69, 9.17) is 4.74 Å². The van der Waals surface area contributed by atoms with Crippen molar-refractivity contribution < 1.29 is 22.7 Å². The van der Waals surface area contributed by atoms with Crippen molar-refractivity contribution >= 4 is 38.2 Å². The molecule has 1 aliphatic heterocycles. The number of ether oxygens (including phenoxy) is 1. The number of benzene rings is 1. The lowest BCUT2D eigenvalue weighted by molar-refractivity contribution is 0.0600. The van der Waals surface area contributed by atoms with Crippen molar-refractivity contribution in [3.05, 3.63) is 45.8 Å². The number of esters is 1. The second kappa shape index (κ2) is 11.1. The summed E-state index contributed by atoms with van der Waals surface area (Å²) in [5, 5.41) is 6.92. The summed E-state index contributed by atoms with van der Waals surface area (Å²) in [6.07, 6.45) is 0.610. The molecule has 0 saturated carbocycles. The third-order valence-corrected chi connectivity index (χ3v) is 9.67. The summed E-state index contributed by atoms with van der Waals surface area (Å²) in [5.41, 5.74) is 0.898. The summed E-state index contributed by atoms with van der Waals surface area (Å²) in [4.78, 5) is 27.2. The molecule has 38 heavy (non-hydrogen) atoms. The maximum absolute atomic E-state index is 13.3. The molecule has 210 valence electrons. The summed E-state index contributed by atoms with van der Waals surface area (Å²) < 4.78 is 33.2. The normalized spacial score (nSPS) is 16.5. The lowest BCUT2D eigenvalue weighted by atomic mass is 9.81. The third kappa shape index (κ3) is 6.47. The van der Waals surface area contributed by atoms with Gasteiger partial charge in [-0.05, 0) is 75.8 Å². The first kappa shape index (κ1) is 30.3. The summed E-state index contributed by atoms with van der Waals surface area (Å²) in [6.45, 7) is 17.0. The molecule has 10 heteroatoms. The van der Waals surface area contributed by atoms with Crippen LogP contribution in [-0.4, -0.2) is 50.3 Å². The van der Waals surface area contributed by atoms with Crippen LogP contribution in [0.5, 0.6) is 0 Å². The van der Waals surface area contributed by atoms with E-state index in [0.717, 1.165) is 10.4 Å². The highest BCUT2D eigenvalue weighted by atomic mass is 32.2. The van der Waals surface area contributed by atoms with Gasteiger partial charge < -0.3 is 15.4 Å². The first-order valence-electron chi connectivity index (χ1n) is 12.9. The van der Waals surface area contributed by atoms with Gasteiger partial charge in [0.1, 0.15) is 5.00 Å². The predicted octanol–water partition coefficient (Wildman–Crippen LogP) is 5.25. The summed E-state index contributed by atoms with van der Waals surface area (Å²) in [5.74, 6) is -0.563. The fourth-order valence-corrected chi connectivity index (χ4v) is 8.15. The van der Waals surface area contributed by atoms with Gasteiger partial charge in [-0.15, -0.1) is 11.3 Å². The maximum atomic E-state index is 13.3. The van der Waals surface area contributed by atoms with Gasteiger partial charge >= 0.3 is 5.97 Å². The Balaban J connectivity index is 1.92. The summed E-state index contributed by atoms with van der Waals surface area (Å²) in [6, 6.07) is 5.94. The Hall–Kier alpha value is -2.27. The average molecular weight is 564 g/mol. The van der Waals surface area contributed by atoms with Gasteiger partial charge in [0.25, 0.3) is 5.91 Å². The van der Waals surface area contributed by atoms with Gasteiger partial charge in [0.15, 0.2) is 0 Å². The van der Waals surface area contributed by atoms with E-state index in [1.165, 1.54) is 47.0 Å². The van der Waals surface area contributed by atoms with E-state index in [1.807, 2.05) is 27.7 Å². The second-order valence-corrected chi connectivity index (χ2v) is 15.0. The quantitative estimate of drug-likeness (QED) is 0.404. The van der Waals surface area contributed by atoms with Crippen molar-refractivity contribution in [1.29, 1.82) is 0 Å². The molecule has 0 radical (unpaired) electrons. The maximum Gasteiger partial charge on any atom is 0.341 e. The van der Waals surface area contributed by atoms with Gasteiger partial charge in [0.05, 0.1) is 17.6 Å². The number of thiophene rings is 1. The van der Waals surface area contributed by atoms with Crippen LogP contribution in [-0.2, 0) is 26.7 Å². The first-order chi connectivity index (χ1) is 17.5. The monoisotopic (exact) mass is 563 g/mol. The van der Waals surface area contributed by atoms with Gasteiger partial charge in [-0.2, -0.15) is 4.31 Å². The number of carbonyl (C=O) groups excluding carboxylic acids is 2. The molecule has 2 N–H and O–H groups in total. The zero-order chi connectivity index (χ0) is 28.6. The molecule has 0 saturated heterocycles. The summed E-state index contributed by atoms with van der Waals surface area (Å²) in [7, 11) is -2.37. The SMILES string of the molecule is COC(=O)c1c(NC(=O)c2ccc(S(=O)(=O)N(CC(C)C)CC(C)C)cc2)sc2c1CC(C)(C)NC2(C)C. The number of sulfonamides is 1. The minimum absolute atomic E-state index is 0.146. The molecule has 3 rings (SSSR count). The molecular formula is C28H41N3O5S2. The van der Waals surface area contributed by atoms with Crippen molar-refractivity contribution in [3.8, 4) is 0 Å². The number of carbonyl (C=O) groups is 2. The number of hydrogen-bond donors (Lipinski definition) is 2. The summed E-state index contributed by atoms with van der Waals surface area (Å²) >= 11 is 1.36. The van der Waals surface area contributed by atoms with Crippen molar-refractivity contribution in [3.63, 3.8) is 0 Å². The highest BCUT2D eigenvalue weighted by molar-refractivity contribution is 7.89. The second-order valence-electron chi connectivity index (χ2n) is 12.0. The molecule has 0 fully saturated rings. The van der Waals surface area contributed by atoms with Crippen LogP contribution in [0.25, 0.3) is 0 Å². The third-order valence-electron chi connectivity index (χ3n) is 6.35. The number of nitrogens with one attached hydrogen (secondary N) is 2. The lowest BCUT2D eigenvalue weighted by Crippen LogP contribution is -2.55. The minimum atomic E-state index is -3.70. The number of nitrogens with zero attached hydrogens (tertiary/aromatic N) is 1. The van der Waals surface area contributed by atoms with Gasteiger partial charge in [0.2, 0.25) is 10.0 Å². The van der Waals surface area contributed by atoms with Crippen LogP contribution in [0.4, 0.5) is 5.00 Å². The number of amides is 1. The smallest absolute Gasteiger partial charge is 0.341 e. The molecule has 1 aromatic heterocycles. The highest BCUT2D eigenvalue weighted by Gasteiger charge is 2.42.